The third-order valence-electron chi connectivity index (χ3n) is 3.22. The summed E-state index contributed by atoms with van der Waals surface area (Å²) in [6.45, 7) is 0. The summed E-state index contributed by atoms with van der Waals surface area (Å²) in [7, 11) is 0. The first kappa shape index (κ1) is 12.9. The van der Waals surface area contributed by atoms with Crippen LogP contribution in [0.25, 0.3) is 0 Å². The van der Waals surface area contributed by atoms with E-state index >= 15 is 0 Å². The number of nitrogens with zero attached hydrogens (tertiary/aromatic N) is 1. The first-order chi connectivity index (χ1) is 9.56. The number of aromatic hydroxyl groups is 2. The van der Waals surface area contributed by atoms with Crippen LogP contribution in [0.5, 0.6) is 11.5 Å². The molecule has 1 aliphatic rings. The van der Waals surface area contributed by atoms with E-state index in [9.17, 15) is 15.0 Å². The summed E-state index contributed by atoms with van der Waals surface area (Å²) in [4.78, 5) is 16.7. The number of phenols is 2. The predicted molar refractivity (Wildman–Crippen MR) is 79.1 cm³/mol. The van der Waals surface area contributed by atoms with E-state index < -0.39 is 5.92 Å². The van der Waals surface area contributed by atoms with Crippen molar-refractivity contribution in [2.24, 2.45) is 4.99 Å². The number of phenolic OH excluding ortho intramolecular Hbond substituents is 2. The zero-order valence-electron chi connectivity index (χ0n) is 10.2. The largest absolute Gasteiger partial charge is 0.508 e. The Balaban J connectivity index is 2.05. The van der Waals surface area contributed by atoms with E-state index in [1.807, 2.05) is 0 Å². The molecule has 2 aromatic rings. The average molecular weight is 332 g/mol. The van der Waals surface area contributed by atoms with Crippen LogP contribution >= 0.6 is 15.9 Å². The van der Waals surface area contributed by atoms with Crippen molar-refractivity contribution in [1.29, 1.82) is 0 Å². The van der Waals surface area contributed by atoms with Gasteiger partial charge in [0.05, 0.1) is 16.1 Å². The van der Waals surface area contributed by atoms with Gasteiger partial charge in [-0.2, -0.15) is 0 Å². The molecule has 4 nitrogen and oxygen atoms in total. The summed E-state index contributed by atoms with van der Waals surface area (Å²) >= 11 is 3.23. The van der Waals surface area contributed by atoms with Crippen molar-refractivity contribution < 1.29 is 15.0 Å². The summed E-state index contributed by atoms with van der Waals surface area (Å²) in [6.07, 6.45) is 1.58. The molecular weight excluding hydrogens is 322 g/mol. The standard InChI is InChI=1S/C15H10BrNO3/c16-12-5-8(1-4-14(12)19)11-7-17-13-3-2-9(18)6-10(13)15(11)20/h1-7,11,18-19H. The van der Waals surface area contributed by atoms with Gasteiger partial charge in [0, 0.05) is 11.8 Å². The Kier molecular flexibility index (Phi) is 3.06. The second kappa shape index (κ2) is 4.76. The number of rotatable bonds is 1. The lowest BCUT2D eigenvalue weighted by Gasteiger charge is -2.18. The van der Waals surface area contributed by atoms with Crippen LogP contribution in [0.4, 0.5) is 5.69 Å². The van der Waals surface area contributed by atoms with Gasteiger partial charge in [-0.05, 0) is 51.8 Å². The van der Waals surface area contributed by atoms with Crippen LogP contribution in [-0.4, -0.2) is 22.2 Å². The van der Waals surface area contributed by atoms with Crippen molar-refractivity contribution in [3.05, 3.63) is 52.0 Å². The van der Waals surface area contributed by atoms with Crippen LogP contribution in [0.2, 0.25) is 0 Å². The summed E-state index contributed by atoms with van der Waals surface area (Å²) in [6, 6.07) is 9.44. The van der Waals surface area contributed by atoms with Crippen molar-refractivity contribution >= 4 is 33.6 Å². The minimum Gasteiger partial charge on any atom is -0.508 e. The first-order valence-corrected chi connectivity index (χ1v) is 6.75. The van der Waals surface area contributed by atoms with Gasteiger partial charge in [-0.3, -0.25) is 9.79 Å². The van der Waals surface area contributed by atoms with Gasteiger partial charge in [0.15, 0.2) is 5.78 Å². The average Bonchev–Trinajstić information content (AvgIpc) is 2.43. The van der Waals surface area contributed by atoms with Crippen LogP contribution in [0, 0.1) is 0 Å². The Morgan fingerprint density at radius 1 is 1.10 bits per heavy atom. The minimum atomic E-state index is -0.513. The Morgan fingerprint density at radius 3 is 2.65 bits per heavy atom. The van der Waals surface area contributed by atoms with Gasteiger partial charge in [-0.15, -0.1) is 0 Å². The second-order valence-corrected chi connectivity index (χ2v) is 5.39. The number of carbonyl (C=O) groups is 1. The topological polar surface area (TPSA) is 69.9 Å². The van der Waals surface area contributed by atoms with E-state index in [0.717, 1.165) is 5.56 Å². The molecule has 0 bridgehead atoms. The molecule has 0 spiro atoms. The van der Waals surface area contributed by atoms with Gasteiger partial charge in [0.2, 0.25) is 0 Å². The smallest absolute Gasteiger partial charge is 0.177 e. The highest BCUT2D eigenvalue weighted by molar-refractivity contribution is 9.10. The van der Waals surface area contributed by atoms with Crippen molar-refractivity contribution in [1.82, 2.24) is 0 Å². The third-order valence-corrected chi connectivity index (χ3v) is 3.86. The molecule has 0 aromatic heterocycles. The number of ketones is 1. The van der Waals surface area contributed by atoms with Crippen LogP contribution < -0.4 is 0 Å². The Morgan fingerprint density at radius 2 is 1.90 bits per heavy atom. The van der Waals surface area contributed by atoms with Crippen molar-refractivity contribution in [3.63, 3.8) is 0 Å². The van der Waals surface area contributed by atoms with Crippen LogP contribution in [-0.2, 0) is 0 Å². The molecule has 1 aliphatic heterocycles. The molecule has 100 valence electrons. The fraction of sp³-hybridized carbons (Fsp3) is 0.0667. The van der Waals surface area contributed by atoms with E-state index in [1.165, 1.54) is 18.2 Å². The monoisotopic (exact) mass is 331 g/mol. The Hall–Kier alpha value is -2.14. The number of halogens is 1. The van der Waals surface area contributed by atoms with E-state index in [0.29, 0.717) is 15.7 Å². The highest BCUT2D eigenvalue weighted by Gasteiger charge is 2.26. The third kappa shape index (κ3) is 2.10. The quantitative estimate of drug-likeness (QED) is 0.839. The zero-order chi connectivity index (χ0) is 14.3. The number of Topliss-reactive ketones (excluding diaryl/α,β-unsaturated/α-hetero) is 1. The lowest BCUT2D eigenvalue weighted by Crippen LogP contribution is -2.17. The molecule has 2 aromatic carbocycles. The highest BCUT2D eigenvalue weighted by Crippen LogP contribution is 2.35. The highest BCUT2D eigenvalue weighted by atomic mass is 79.9. The molecule has 0 radical (unpaired) electrons. The second-order valence-electron chi connectivity index (χ2n) is 4.53. The molecular formula is C15H10BrNO3. The van der Waals surface area contributed by atoms with Crippen molar-refractivity contribution in [2.75, 3.05) is 0 Å². The number of fused-ring (bicyclic) bond motifs is 1. The summed E-state index contributed by atoms with van der Waals surface area (Å²) in [5.41, 5.74) is 1.70. The number of hydrogen-bond acceptors (Lipinski definition) is 4. The summed E-state index contributed by atoms with van der Waals surface area (Å²) in [5, 5.41) is 19.0. The van der Waals surface area contributed by atoms with Crippen LogP contribution in [0.15, 0.2) is 45.9 Å². The van der Waals surface area contributed by atoms with E-state index in [1.54, 1.807) is 24.4 Å². The molecule has 1 heterocycles. The van der Waals surface area contributed by atoms with Gasteiger partial charge in [-0.1, -0.05) is 6.07 Å². The number of carbonyl (C=O) groups excluding carboxylic acids is 1. The molecule has 5 heteroatoms. The normalized spacial score (nSPS) is 17.1. The maximum atomic E-state index is 12.5. The molecule has 2 N–H and O–H groups in total. The van der Waals surface area contributed by atoms with Crippen molar-refractivity contribution in [3.8, 4) is 11.5 Å². The molecule has 1 unspecified atom stereocenters. The van der Waals surface area contributed by atoms with Crippen molar-refractivity contribution in [2.45, 2.75) is 5.92 Å². The number of benzene rings is 2. The number of aliphatic imine (C=N–C) groups is 1. The molecule has 3 rings (SSSR count). The van der Waals surface area contributed by atoms with Gasteiger partial charge < -0.3 is 10.2 Å². The fourth-order valence-electron chi connectivity index (χ4n) is 2.18. The summed E-state index contributed by atoms with van der Waals surface area (Å²) in [5.74, 6) is -0.475. The minimum absolute atomic E-state index is 0.0415. The van der Waals surface area contributed by atoms with Gasteiger partial charge in [0.25, 0.3) is 0 Å². The maximum absolute atomic E-state index is 12.5. The SMILES string of the molecule is O=C1c2cc(O)ccc2N=CC1c1ccc(O)c(Br)c1. The zero-order valence-corrected chi connectivity index (χ0v) is 11.8. The Bertz CT molecular complexity index is 740. The molecule has 0 fully saturated rings. The summed E-state index contributed by atoms with van der Waals surface area (Å²) < 4.78 is 0.526. The fourth-order valence-corrected chi connectivity index (χ4v) is 2.57. The molecule has 0 saturated heterocycles. The van der Waals surface area contributed by atoms with E-state index in [4.69, 9.17) is 0 Å². The maximum Gasteiger partial charge on any atom is 0.177 e. The van der Waals surface area contributed by atoms with E-state index in [2.05, 4.69) is 20.9 Å². The van der Waals surface area contributed by atoms with Crippen LogP contribution in [0.1, 0.15) is 21.8 Å². The van der Waals surface area contributed by atoms with Gasteiger partial charge >= 0.3 is 0 Å². The van der Waals surface area contributed by atoms with Crippen LogP contribution in [0.3, 0.4) is 0 Å². The molecule has 0 amide bonds. The lowest BCUT2D eigenvalue weighted by molar-refractivity contribution is 0.0982. The Labute approximate surface area is 123 Å². The number of hydrogen-bond donors (Lipinski definition) is 2. The molecule has 20 heavy (non-hydrogen) atoms. The predicted octanol–water partition coefficient (Wildman–Crippen LogP) is 3.54. The molecule has 0 aliphatic carbocycles. The first-order valence-electron chi connectivity index (χ1n) is 5.96. The van der Waals surface area contributed by atoms with Gasteiger partial charge in [0.1, 0.15) is 11.5 Å². The molecule has 1 atom stereocenters. The molecule has 0 saturated carbocycles. The van der Waals surface area contributed by atoms with E-state index in [-0.39, 0.29) is 17.3 Å². The van der Waals surface area contributed by atoms with Gasteiger partial charge in [-0.25, -0.2) is 0 Å². The lowest BCUT2D eigenvalue weighted by atomic mass is 9.89.